The maximum atomic E-state index is 6.30. The monoisotopic (exact) mass is 283 g/mol. The molecule has 0 unspecified atom stereocenters. The van der Waals surface area contributed by atoms with Crippen molar-refractivity contribution in [2.45, 2.75) is 32.2 Å². The first-order valence-electron chi connectivity index (χ1n) is 5.90. The zero-order valence-corrected chi connectivity index (χ0v) is 11.2. The summed E-state index contributed by atoms with van der Waals surface area (Å²) in [5, 5.41) is 0. The largest absolute Gasteiger partial charge is 0.494 e. The molecule has 1 aliphatic carbocycles. The van der Waals surface area contributed by atoms with E-state index < -0.39 is 0 Å². The lowest BCUT2D eigenvalue weighted by molar-refractivity contribution is 0.256. The van der Waals surface area contributed by atoms with Crippen molar-refractivity contribution in [1.29, 1.82) is 0 Å². The molecule has 0 radical (unpaired) electrons. The van der Waals surface area contributed by atoms with Crippen LogP contribution >= 0.6 is 15.9 Å². The summed E-state index contributed by atoms with van der Waals surface area (Å²) in [6, 6.07) is 6.21. The highest BCUT2D eigenvalue weighted by Crippen LogP contribution is 2.40. The molecular weight excluding hydrogens is 266 g/mol. The van der Waals surface area contributed by atoms with Gasteiger partial charge in [-0.15, -0.1) is 0 Å². The zero-order chi connectivity index (χ0) is 11.5. The summed E-state index contributed by atoms with van der Waals surface area (Å²) >= 11 is 3.49. The van der Waals surface area contributed by atoms with E-state index in [4.69, 9.17) is 10.5 Å². The van der Waals surface area contributed by atoms with E-state index in [0.717, 1.165) is 15.8 Å². The second-order valence-electron chi connectivity index (χ2n) is 4.33. The number of ether oxygens (including phenoxy) is 1. The SMILES string of the molecule is CCOc1ccc(Br)cc1[C@H](N)C1CCC1. The Morgan fingerprint density at radius 3 is 2.81 bits per heavy atom. The number of halogens is 1. The smallest absolute Gasteiger partial charge is 0.124 e. The van der Waals surface area contributed by atoms with Crippen molar-refractivity contribution in [3.63, 3.8) is 0 Å². The molecule has 1 aromatic rings. The molecule has 88 valence electrons. The van der Waals surface area contributed by atoms with Crippen molar-refractivity contribution in [3.8, 4) is 5.75 Å². The molecule has 3 heteroatoms. The van der Waals surface area contributed by atoms with Crippen LogP contribution in [0.25, 0.3) is 0 Å². The van der Waals surface area contributed by atoms with Gasteiger partial charge in [-0.1, -0.05) is 22.4 Å². The van der Waals surface area contributed by atoms with E-state index >= 15 is 0 Å². The van der Waals surface area contributed by atoms with Gasteiger partial charge in [0.2, 0.25) is 0 Å². The minimum Gasteiger partial charge on any atom is -0.494 e. The number of nitrogens with two attached hydrogens (primary N) is 1. The van der Waals surface area contributed by atoms with Crippen LogP contribution in [0.15, 0.2) is 22.7 Å². The molecule has 2 nitrogen and oxygen atoms in total. The summed E-state index contributed by atoms with van der Waals surface area (Å²) in [4.78, 5) is 0. The zero-order valence-electron chi connectivity index (χ0n) is 9.58. The summed E-state index contributed by atoms with van der Waals surface area (Å²) in [5.41, 5.74) is 7.44. The van der Waals surface area contributed by atoms with Crippen LogP contribution in [0.1, 0.15) is 37.8 Å². The number of hydrogen-bond acceptors (Lipinski definition) is 2. The Balaban J connectivity index is 2.24. The third-order valence-electron chi connectivity index (χ3n) is 3.29. The lowest BCUT2D eigenvalue weighted by atomic mass is 9.77. The van der Waals surface area contributed by atoms with Crippen LogP contribution < -0.4 is 10.5 Å². The summed E-state index contributed by atoms with van der Waals surface area (Å²) in [7, 11) is 0. The number of hydrogen-bond donors (Lipinski definition) is 1. The fourth-order valence-corrected chi connectivity index (χ4v) is 2.50. The van der Waals surface area contributed by atoms with E-state index in [2.05, 4.69) is 22.0 Å². The average Bonchev–Trinajstić information content (AvgIpc) is 2.18. The normalized spacial score (nSPS) is 17.9. The van der Waals surface area contributed by atoms with Crippen LogP contribution in [-0.2, 0) is 0 Å². The van der Waals surface area contributed by atoms with Crippen molar-refractivity contribution >= 4 is 15.9 Å². The fraction of sp³-hybridized carbons (Fsp3) is 0.538. The minimum absolute atomic E-state index is 0.118. The molecule has 0 heterocycles. The first-order chi connectivity index (χ1) is 7.72. The van der Waals surface area contributed by atoms with E-state index in [9.17, 15) is 0 Å². The highest BCUT2D eigenvalue weighted by atomic mass is 79.9. The molecule has 0 spiro atoms. The van der Waals surface area contributed by atoms with Crippen molar-refractivity contribution in [2.24, 2.45) is 11.7 Å². The summed E-state index contributed by atoms with van der Waals surface area (Å²) in [5.74, 6) is 1.57. The van der Waals surface area contributed by atoms with Crippen molar-refractivity contribution in [2.75, 3.05) is 6.61 Å². The van der Waals surface area contributed by atoms with E-state index in [1.807, 2.05) is 19.1 Å². The van der Waals surface area contributed by atoms with Gasteiger partial charge >= 0.3 is 0 Å². The molecule has 1 atom stereocenters. The molecule has 1 aromatic carbocycles. The van der Waals surface area contributed by atoms with E-state index in [1.165, 1.54) is 19.3 Å². The van der Waals surface area contributed by atoms with Crippen LogP contribution in [0.4, 0.5) is 0 Å². The van der Waals surface area contributed by atoms with Crippen molar-refractivity contribution < 1.29 is 4.74 Å². The van der Waals surface area contributed by atoms with Gasteiger partial charge in [-0.3, -0.25) is 0 Å². The van der Waals surface area contributed by atoms with Gasteiger partial charge in [0.25, 0.3) is 0 Å². The minimum atomic E-state index is 0.118. The molecule has 0 amide bonds. The predicted molar refractivity (Wildman–Crippen MR) is 69.6 cm³/mol. The van der Waals surface area contributed by atoms with E-state index in [1.54, 1.807) is 0 Å². The van der Waals surface area contributed by atoms with Gasteiger partial charge in [-0.2, -0.15) is 0 Å². The van der Waals surface area contributed by atoms with Crippen LogP contribution in [0.5, 0.6) is 5.75 Å². The Kier molecular flexibility index (Phi) is 3.87. The third-order valence-corrected chi connectivity index (χ3v) is 3.78. The highest BCUT2D eigenvalue weighted by molar-refractivity contribution is 9.10. The predicted octanol–water partition coefficient (Wildman–Crippen LogP) is 3.65. The first-order valence-corrected chi connectivity index (χ1v) is 6.69. The summed E-state index contributed by atoms with van der Waals surface area (Å²) in [6.07, 6.45) is 3.81. The van der Waals surface area contributed by atoms with Gasteiger partial charge in [0.05, 0.1) is 6.61 Å². The Bertz CT molecular complexity index is 363. The number of benzene rings is 1. The lowest BCUT2D eigenvalue weighted by Gasteiger charge is -2.32. The second kappa shape index (κ2) is 5.19. The standard InChI is InChI=1S/C13H18BrNO/c1-2-16-12-7-6-10(14)8-11(12)13(15)9-4-3-5-9/h6-9,13H,2-5,15H2,1H3/t13-/m1/s1. The Morgan fingerprint density at radius 1 is 1.50 bits per heavy atom. The average molecular weight is 284 g/mol. The summed E-state index contributed by atoms with van der Waals surface area (Å²) < 4.78 is 6.70. The van der Waals surface area contributed by atoms with Crippen LogP contribution in [0.3, 0.4) is 0 Å². The van der Waals surface area contributed by atoms with Crippen LogP contribution in [-0.4, -0.2) is 6.61 Å². The molecule has 0 aliphatic heterocycles. The van der Waals surface area contributed by atoms with Crippen LogP contribution in [0, 0.1) is 5.92 Å². The first kappa shape index (κ1) is 11.9. The molecule has 1 saturated carbocycles. The maximum absolute atomic E-state index is 6.30. The van der Waals surface area contributed by atoms with Gasteiger partial charge in [-0.05, 0) is 43.9 Å². The van der Waals surface area contributed by atoms with E-state index in [0.29, 0.717) is 12.5 Å². The van der Waals surface area contributed by atoms with E-state index in [-0.39, 0.29) is 6.04 Å². The number of rotatable bonds is 4. The van der Waals surface area contributed by atoms with Crippen molar-refractivity contribution in [1.82, 2.24) is 0 Å². The van der Waals surface area contributed by atoms with Gasteiger partial charge in [0.15, 0.2) is 0 Å². The lowest BCUT2D eigenvalue weighted by Crippen LogP contribution is -2.27. The molecule has 0 saturated heterocycles. The summed E-state index contributed by atoms with van der Waals surface area (Å²) in [6.45, 7) is 2.69. The molecule has 1 aliphatic rings. The van der Waals surface area contributed by atoms with Gasteiger partial charge in [0, 0.05) is 16.1 Å². The fourth-order valence-electron chi connectivity index (χ4n) is 2.12. The molecule has 16 heavy (non-hydrogen) atoms. The molecule has 2 rings (SSSR count). The Hall–Kier alpha value is -0.540. The highest BCUT2D eigenvalue weighted by Gasteiger charge is 2.27. The van der Waals surface area contributed by atoms with Gasteiger partial charge in [0.1, 0.15) is 5.75 Å². The van der Waals surface area contributed by atoms with Gasteiger partial charge in [-0.25, -0.2) is 0 Å². The topological polar surface area (TPSA) is 35.2 Å². The quantitative estimate of drug-likeness (QED) is 0.916. The van der Waals surface area contributed by atoms with Crippen molar-refractivity contribution in [3.05, 3.63) is 28.2 Å². The molecule has 0 bridgehead atoms. The molecule has 1 fully saturated rings. The third kappa shape index (κ3) is 2.41. The van der Waals surface area contributed by atoms with Crippen LogP contribution in [0.2, 0.25) is 0 Å². The molecule has 2 N–H and O–H groups in total. The molecular formula is C13H18BrNO. The second-order valence-corrected chi connectivity index (χ2v) is 5.25. The maximum Gasteiger partial charge on any atom is 0.124 e. The molecule has 0 aromatic heterocycles. The Labute approximate surface area is 105 Å². The Morgan fingerprint density at radius 2 is 2.25 bits per heavy atom. The van der Waals surface area contributed by atoms with Gasteiger partial charge < -0.3 is 10.5 Å².